The molecular formula is C20H21N3O4S. The van der Waals surface area contributed by atoms with Crippen molar-refractivity contribution in [3.8, 4) is 0 Å². The largest absolute Gasteiger partial charge is 0.280 e. The molecule has 1 aromatic heterocycles. The Bertz CT molecular complexity index is 991. The zero-order valence-electron chi connectivity index (χ0n) is 15.5. The van der Waals surface area contributed by atoms with Gasteiger partial charge in [-0.15, -0.1) is 0 Å². The Balaban J connectivity index is 1.48. The summed E-state index contributed by atoms with van der Waals surface area (Å²) in [6, 6.07) is 9.83. The standard InChI is InChI=1S/C20H21N3O4S/c1-2-14-5-7-16(8-6-14)28(26,27)22-12-9-15(10-13-22)23-19(24)17-4-3-11-21-18(17)20(23)25/h3-8,11,15H,2,9-10,12-13H2,1H3. The number of imide groups is 1. The molecule has 0 saturated carbocycles. The second-order valence-corrected chi connectivity index (χ2v) is 8.95. The lowest BCUT2D eigenvalue weighted by molar-refractivity contribution is 0.0534. The summed E-state index contributed by atoms with van der Waals surface area (Å²) >= 11 is 0. The molecule has 28 heavy (non-hydrogen) atoms. The van der Waals surface area contributed by atoms with E-state index in [9.17, 15) is 18.0 Å². The van der Waals surface area contributed by atoms with Gasteiger partial charge in [0, 0.05) is 25.3 Å². The molecule has 0 unspecified atom stereocenters. The number of aryl methyl sites for hydroxylation is 1. The van der Waals surface area contributed by atoms with Gasteiger partial charge in [-0.05, 0) is 49.1 Å². The minimum atomic E-state index is -3.58. The number of sulfonamides is 1. The molecule has 2 amide bonds. The third-order valence-corrected chi connectivity index (χ3v) is 7.35. The summed E-state index contributed by atoms with van der Waals surface area (Å²) < 4.78 is 27.2. The Hall–Kier alpha value is -2.58. The van der Waals surface area contributed by atoms with Gasteiger partial charge in [0.25, 0.3) is 11.8 Å². The maximum absolute atomic E-state index is 12.9. The molecule has 146 valence electrons. The average Bonchev–Trinajstić information content (AvgIpc) is 2.99. The molecule has 2 aromatic rings. The van der Waals surface area contributed by atoms with Crippen molar-refractivity contribution in [1.82, 2.24) is 14.2 Å². The molecule has 7 nitrogen and oxygen atoms in total. The van der Waals surface area contributed by atoms with Gasteiger partial charge in [-0.25, -0.2) is 8.42 Å². The highest BCUT2D eigenvalue weighted by atomic mass is 32.2. The molecule has 0 atom stereocenters. The summed E-state index contributed by atoms with van der Waals surface area (Å²) in [6.07, 6.45) is 3.17. The van der Waals surface area contributed by atoms with E-state index in [1.807, 2.05) is 19.1 Å². The number of amides is 2. The van der Waals surface area contributed by atoms with Gasteiger partial charge < -0.3 is 0 Å². The molecule has 0 spiro atoms. The van der Waals surface area contributed by atoms with Crippen LogP contribution < -0.4 is 0 Å². The molecule has 4 rings (SSSR count). The van der Waals surface area contributed by atoms with Crippen LogP contribution in [0.5, 0.6) is 0 Å². The monoisotopic (exact) mass is 399 g/mol. The highest BCUT2D eigenvalue weighted by Gasteiger charge is 2.42. The van der Waals surface area contributed by atoms with E-state index in [1.165, 1.54) is 15.4 Å². The highest BCUT2D eigenvalue weighted by molar-refractivity contribution is 7.89. The van der Waals surface area contributed by atoms with E-state index in [0.717, 1.165) is 12.0 Å². The van der Waals surface area contributed by atoms with Crippen LogP contribution in [0.3, 0.4) is 0 Å². The lowest BCUT2D eigenvalue weighted by atomic mass is 10.1. The Morgan fingerprint density at radius 3 is 2.32 bits per heavy atom. The predicted molar refractivity (Wildman–Crippen MR) is 102 cm³/mol. The maximum Gasteiger partial charge on any atom is 0.280 e. The fourth-order valence-corrected chi connectivity index (χ4v) is 5.27. The summed E-state index contributed by atoms with van der Waals surface area (Å²) in [5.41, 5.74) is 1.58. The third kappa shape index (κ3) is 3.02. The van der Waals surface area contributed by atoms with Crippen LogP contribution in [0.4, 0.5) is 0 Å². The molecular weight excluding hydrogens is 378 g/mol. The van der Waals surface area contributed by atoms with Crippen molar-refractivity contribution < 1.29 is 18.0 Å². The third-order valence-electron chi connectivity index (χ3n) is 5.44. The average molecular weight is 399 g/mol. The lowest BCUT2D eigenvalue weighted by Crippen LogP contribution is -2.48. The highest BCUT2D eigenvalue weighted by Crippen LogP contribution is 2.29. The number of aromatic nitrogens is 1. The lowest BCUT2D eigenvalue weighted by Gasteiger charge is -2.34. The number of hydrogen-bond acceptors (Lipinski definition) is 5. The first-order valence-corrected chi connectivity index (χ1v) is 10.8. The summed E-state index contributed by atoms with van der Waals surface area (Å²) in [5.74, 6) is -0.735. The number of pyridine rings is 1. The molecule has 3 heterocycles. The first kappa shape index (κ1) is 18.8. The Labute approximate surface area is 164 Å². The fraction of sp³-hybridized carbons (Fsp3) is 0.350. The fourth-order valence-electron chi connectivity index (χ4n) is 3.80. The van der Waals surface area contributed by atoms with Crippen LogP contribution in [-0.4, -0.2) is 53.6 Å². The van der Waals surface area contributed by atoms with E-state index in [-0.39, 0.29) is 35.6 Å². The van der Waals surface area contributed by atoms with Gasteiger partial charge in [-0.1, -0.05) is 19.1 Å². The molecule has 0 aliphatic carbocycles. The topological polar surface area (TPSA) is 87.7 Å². The van der Waals surface area contributed by atoms with Gasteiger partial charge in [0.15, 0.2) is 0 Å². The van der Waals surface area contributed by atoms with Gasteiger partial charge in [0.05, 0.1) is 10.5 Å². The van der Waals surface area contributed by atoms with E-state index in [1.54, 1.807) is 24.3 Å². The maximum atomic E-state index is 12.9. The minimum absolute atomic E-state index is 0.179. The van der Waals surface area contributed by atoms with Crippen molar-refractivity contribution in [2.75, 3.05) is 13.1 Å². The zero-order chi connectivity index (χ0) is 19.9. The first-order chi connectivity index (χ1) is 13.4. The summed E-state index contributed by atoms with van der Waals surface area (Å²) in [7, 11) is -3.58. The van der Waals surface area contributed by atoms with E-state index >= 15 is 0 Å². The molecule has 0 bridgehead atoms. The number of carbonyl (C=O) groups excluding carboxylic acids is 2. The second kappa shape index (κ2) is 7.10. The molecule has 1 fully saturated rings. The Kier molecular flexibility index (Phi) is 4.76. The molecule has 1 saturated heterocycles. The van der Waals surface area contributed by atoms with Gasteiger partial charge >= 0.3 is 0 Å². The van der Waals surface area contributed by atoms with Crippen molar-refractivity contribution >= 4 is 21.8 Å². The number of hydrogen-bond donors (Lipinski definition) is 0. The SMILES string of the molecule is CCc1ccc(S(=O)(=O)N2CCC(N3C(=O)c4cccnc4C3=O)CC2)cc1. The Morgan fingerprint density at radius 2 is 1.71 bits per heavy atom. The quantitative estimate of drug-likeness (QED) is 0.735. The van der Waals surface area contributed by atoms with Crippen LogP contribution in [0.15, 0.2) is 47.5 Å². The number of rotatable bonds is 4. The van der Waals surface area contributed by atoms with Crippen LogP contribution in [0.25, 0.3) is 0 Å². The minimum Gasteiger partial charge on any atom is -0.270 e. The van der Waals surface area contributed by atoms with Crippen LogP contribution in [0, 0.1) is 0 Å². The molecule has 8 heteroatoms. The Morgan fingerprint density at radius 1 is 1.04 bits per heavy atom. The summed E-state index contributed by atoms with van der Waals surface area (Å²) in [6.45, 7) is 2.55. The molecule has 2 aliphatic rings. The summed E-state index contributed by atoms with van der Waals surface area (Å²) in [5, 5.41) is 0. The van der Waals surface area contributed by atoms with Crippen LogP contribution >= 0.6 is 0 Å². The summed E-state index contributed by atoms with van der Waals surface area (Å²) in [4.78, 5) is 30.7. The van der Waals surface area contributed by atoms with E-state index in [2.05, 4.69) is 4.98 Å². The van der Waals surface area contributed by atoms with Crippen LogP contribution in [-0.2, 0) is 16.4 Å². The predicted octanol–water partition coefficient (Wildman–Crippen LogP) is 2.09. The molecule has 0 N–H and O–H groups in total. The zero-order valence-corrected chi connectivity index (χ0v) is 16.4. The smallest absolute Gasteiger partial charge is 0.270 e. The normalized spacial score (nSPS) is 18.5. The number of fused-ring (bicyclic) bond motifs is 1. The van der Waals surface area contributed by atoms with E-state index in [0.29, 0.717) is 18.4 Å². The van der Waals surface area contributed by atoms with Crippen molar-refractivity contribution in [1.29, 1.82) is 0 Å². The number of benzene rings is 1. The van der Waals surface area contributed by atoms with Gasteiger partial charge in [-0.2, -0.15) is 4.31 Å². The molecule has 1 aromatic carbocycles. The second-order valence-electron chi connectivity index (χ2n) is 7.01. The van der Waals surface area contributed by atoms with Crippen molar-refractivity contribution in [2.45, 2.75) is 37.1 Å². The van der Waals surface area contributed by atoms with Crippen molar-refractivity contribution in [3.63, 3.8) is 0 Å². The van der Waals surface area contributed by atoms with Gasteiger partial charge in [-0.3, -0.25) is 19.5 Å². The van der Waals surface area contributed by atoms with E-state index in [4.69, 9.17) is 0 Å². The van der Waals surface area contributed by atoms with E-state index < -0.39 is 15.9 Å². The van der Waals surface area contributed by atoms with Gasteiger partial charge in [0.2, 0.25) is 10.0 Å². The number of piperidine rings is 1. The first-order valence-electron chi connectivity index (χ1n) is 9.35. The number of nitrogens with zero attached hydrogens (tertiary/aromatic N) is 3. The number of carbonyl (C=O) groups is 2. The van der Waals surface area contributed by atoms with Crippen LogP contribution in [0.1, 0.15) is 46.2 Å². The van der Waals surface area contributed by atoms with Crippen molar-refractivity contribution in [2.24, 2.45) is 0 Å². The van der Waals surface area contributed by atoms with Crippen molar-refractivity contribution in [3.05, 3.63) is 59.4 Å². The van der Waals surface area contributed by atoms with Crippen LogP contribution in [0.2, 0.25) is 0 Å². The van der Waals surface area contributed by atoms with Gasteiger partial charge in [0.1, 0.15) is 5.69 Å². The molecule has 0 radical (unpaired) electrons. The molecule has 2 aliphatic heterocycles.